The van der Waals surface area contributed by atoms with Crippen LogP contribution >= 0.6 is 0 Å². The third-order valence-electron chi connectivity index (χ3n) is 3.92. The second-order valence-electron chi connectivity index (χ2n) is 5.52. The molecule has 0 bridgehead atoms. The van der Waals surface area contributed by atoms with Gasteiger partial charge in [-0.3, -0.25) is 4.79 Å². The van der Waals surface area contributed by atoms with Crippen molar-refractivity contribution >= 4 is 5.91 Å². The third-order valence-corrected chi connectivity index (χ3v) is 3.92. The van der Waals surface area contributed by atoms with Crippen LogP contribution in [-0.4, -0.2) is 49.7 Å². The minimum Gasteiger partial charge on any atom is -0.378 e. The molecule has 0 aromatic carbocycles. The molecule has 1 rings (SSSR count). The van der Waals surface area contributed by atoms with Crippen LogP contribution in [0.4, 0.5) is 0 Å². The van der Waals surface area contributed by atoms with Gasteiger partial charge in [0.1, 0.15) is 0 Å². The summed E-state index contributed by atoms with van der Waals surface area (Å²) in [5.41, 5.74) is 0. The zero-order chi connectivity index (χ0) is 14.1. The van der Waals surface area contributed by atoms with E-state index in [2.05, 4.69) is 19.2 Å². The summed E-state index contributed by atoms with van der Waals surface area (Å²) in [6.45, 7) is 10.7. The van der Waals surface area contributed by atoms with Crippen molar-refractivity contribution in [1.29, 1.82) is 0 Å². The summed E-state index contributed by atoms with van der Waals surface area (Å²) in [7, 11) is 0. The smallest absolute Gasteiger partial charge is 0.224 e. The molecular formula is C15H30N2O2. The van der Waals surface area contributed by atoms with Gasteiger partial charge >= 0.3 is 0 Å². The van der Waals surface area contributed by atoms with E-state index in [1.54, 1.807) is 0 Å². The first kappa shape index (κ1) is 16.4. The van der Waals surface area contributed by atoms with Gasteiger partial charge in [-0.15, -0.1) is 0 Å². The summed E-state index contributed by atoms with van der Waals surface area (Å²) >= 11 is 0. The van der Waals surface area contributed by atoms with Gasteiger partial charge in [-0.1, -0.05) is 20.3 Å². The molecule has 0 spiro atoms. The molecule has 0 aliphatic carbocycles. The zero-order valence-electron chi connectivity index (χ0n) is 12.8. The fourth-order valence-electron chi connectivity index (χ4n) is 2.35. The highest BCUT2D eigenvalue weighted by Crippen LogP contribution is 2.09. The van der Waals surface area contributed by atoms with Crippen molar-refractivity contribution in [3.8, 4) is 0 Å². The quantitative estimate of drug-likeness (QED) is 0.734. The Balaban J connectivity index is 2.20. The Morgan fingerprint density at radius 3 is 2.63 bits per heavy atom. The molecule has 1 atom stereocenters. The molecule has 1 fully saturated rings. The second kappa shape index (κ2) is 9.32. The van der Waals surface area contributed by atoms with Crippen LogP contribution in [0, 0.1) is 5.92 Å². The van der Waals surface area contributed by atoms with Gasteiger partial charge in [0, 0.05) is 13.1 Å². The standard InChI is InChI=1S/C15H30N2O2/c1-4-13(3)12-17(5-2)15(18)8-11-19-14-6-9-16-10-7-14/h13-14,16H,4-12H2,1-3H3. The molecule has 0 radical (unpaired) electrons. The second-order valence-corrected chi connectivity index (χ2v) is 5.52. The van der Waals surface area contributed by atoms with E-state index in [0.717, 1.165) is 45.4 Å². The molecule has 1 amide bonds. The Bertz CT molecular complexity index is 253. The topological polar surface area (TPSA) is 41.6 Å². The van der Waals surface area contributed by atoms with Crippen LogP contribution in [-0.2, 0) is 9.53 Å². The lowest BCUT2D eigenvalue weighted by Gasteiger charge is -2.26. The SMILES string of the molecule is CCC(C)CN(CC)C(=O)CCOC1CCNCC1. The van der Waals surface area contributed by atoms with E-state index in [9.17, 15) is 4.79 Å². The van der Waals surface area contributed by atoms with E-state index in [1.165, 1.54) is 0 Å². The van der Waals surface area contributed by atoms with Gasteiger partial charge < -0.3 is 15.0 Å². The fourth-order valence-corrected chi connectivity index (χ4v) is 2.35. The van der Waals surface area contributed by atoms with Gasteiger partial charge in [-0.2, -0.15) is 0 Å². The maximum absolute atomic E-state index is 12.1. The first-order valence-corrected chi connectivity index (χ1v) is 7.77. The van der Waals surface area contributed by atoms with Gasteiger partial charge in [0.25, 0.3) is 0 Å². The number of nitrogens with zero attached hydrogens (tertiary/aromatic N) is 1. The Morgan fingerprint density at radius 2 is 2.05 bits per heavy atom. The average molecular weight is 270 g/mol. The van der Waals surface area contributed by atoms with Crippen molar-refractivity contribution in [3.63, 3.8) is 0 Å². The fraction of sp³-hybridized carbons (Fsp3) is 0.933. The number of carbonyl (C=O) groups is 1. The largest absolute Gasteiger partial charge is 0.378 e. The van der Waals surface area contributed by atoms with Crippen LogP contribution in [0.1, 0.15) is 46.5 Å². The van der Waals surface area contributed by atoms with E-state index in [-0.39, 0.29) is 5.91 Å². The summed E-state index contributed by atoms with van der Waals surface area (Å²) in [6, 6.07) is 0. The lowest BCUT2D eigenvalue weighted by atomic mass is 10.1. The predicted molar refractivity (Wildman–Crippen MR) is 78.2 cm³/mol. The van der Waals surface area contributed by atoms with E-state index in [4.69, 9.17) is 4.74 Å². The lowest BCUT2D eigenvalue weighted by Crippen LogP contribution is -2.36. The molecular weight excluding hydrogens is 240 g/mol. The highest BCUT2D eigenvalue weighted by Gasteiger charge is 2.16. The number of carbonyl (C=O) groups excluding carboxylic acids is 1. The Morgan fingerprint density at radius 1 is 1.37 bits per heavy atom. The Labute approximate surface area is 117 Å². The van der Waals surface area contributed by atoms with Crippen LogP contribution < -0.4 is 5.32 Å². The van der Waals surface area contributed by atoms with Gasteiger partial charge in [0.05, 0.1) is 19.1 Å². The van der Waals surface area contributed by atoms with E-state index in [1.807, 2.05) is 11.8 Å². The number of amides is 1. The van der Waals surface area contributed by atoms with Gasteiger partial charge in [-0.25, -0.2) is 0 Å². The van der Waals surface area contributed by atoms with Crippen LogP contribution in [0.15, 0.2) is 0 Å². The molecule has 0 saturated carbocycles. The summed E-state index contributed by atoms with van der Waals surface area (Å²) < 4.78 is 5.79. The van der Waals surface area contributed by atoms with Crippen LogP contribution in [0.5, 0.6) is 0 Å². The van der Waals surface area contributed by atoms with Crippen LogP contribution in [0.2, 0.25) is 0 Å². The van der Waals surface area contributed by atoms with Crippen molar-refractivity contribution in [1.82, 2.24) is 10.2 Å². The molecule has 4 nitrogen and oxygen atoms in total. The number of hydrogen-bond acceptors (Lipinski definition) is 3. The first-order valence-electron chi connectivity index (χ1n) is 7.77. The molecule has 0 aromatic rings. The molecule has 1 saturated heterocycles. The van der Waals surface area contributed by atoms with Crippen molar-refractivity contribution < 1.29 is 9.53 Å². The molecule has 4 heteroatoms. The van der Waals surface area contributed by atoms with Gasteiger partial charge in [0.2, 0.25) is 5.91 Å². The summed E-state index contributed by atoms with van der Waals surface area (Å²) in [5.74, 6) is 0.811. The minimum absolute atomic E-state index is 0.233. The Kier molecular flexibility index (Phi) is 8.07. The molecule has 19 heavy (non-hydrogen) atoms. The summed E-state index contributed by atoms with van der Waals surface area (Å²) in [4.78, 5) is 14.1. The first-order chi connectivity index (χ1) is 9.17. The summed E-state index contributed by atoms with van der Waals surface area (Å²) in [6.07, 6.45) is 4.12. The molecule has 1 N–H and O–H groups in total. The third kappa shape index (κ3) is 6.39. The Hall–Kier alpha value is -0.610. The molecule has 1 unspecified atom stereocenters. The number of nitrogens with one attached hydrogen (secondary N) is 1. The van der Waals surface area contributed by atoms with Crippen LogP contribution in [0.3, 0.4) is 0 Å². The van der Waals surface area contributed by atoms with E-state index >= 15 is 0 Å². The van der Waals surface area contributed by atoms with Crippen molar-refractivity contribution in [2.75, 3.05) is 32.8 Å². The number of rotatable bonds is 8. The number of hydrogen-bond donors (Lipinski definition) is 1. The van der Waals surface area contributed by atoms with Crippen molar-refractivity contribution in [3.05, 3.63) is 0 Å². The minimum atomic E-state index is 0.233. The number of ether oxygens (including phenoxy) is 1. The highest BCUT2D eigenvalue weighted by atomic mass is 16.5. The predicted octanol–water partition coefficient (Wildman–Crippen LogP) is 2.04. The lowest BCUT2D eigenvalue weighted by molar-refractivity contribution is -0.133. The molecule has 1 aliphatic heterocycles. The number of piperidine rings is 1. The molecule has 1 heterocycles. The average Bonchev–Trinajstić information content (AvgIpc) is 2.45. The van der Waals surface area contributed by atoms with E-state index in [0.29, 0.717) is 25.0 Å². The van der Waals surface area contributed by atoms with Crippen LogP contribution in [0.25, 0.3) is 0 Å². The maximum Gasteiger partial charge on any atom is 0.224 e. The normalized spacial score (nSPS) is 18.3. The zero-order valence-corrected chi connectivity index (χ0v) is 12.8. The maximum atomic E-state index is 12.1. The van der Waals surface area contributed by atoms with Crippen molar-refractivity contribution in [2.24, 2.45) is 5.92 Å². The van der Waals surface area contributed by atoms with Gasteiger partial charge in [-0.05, 0) is 38.8 Å². The molecule has 0 aromatic heterocycles. The van der Waals surface area contributed by atoms with E-state index < -0.39 is 0 Å². The highest BCUT2D eigenvalue weighted by molar-refractivity contribution is 5.76. The monoisotopic (exact) mass is 270 g/mol. The summed E-state index contributed by atoms with van der Waals surface area (Å²) in [5, 5.41) is 3.31. The van der Waals surface area contributed by atoms with Crippen molar-refractivity contribution in [2.45, 2.75) is 52.6 Å². The molecule has 112 valence electrons. The van der Waals surface area contributed by atoms with Gasteiger partial charge in [0.15, 0.2) is 0 Å². The molecule has 1 aliphatic rings.